The van der Waals surface area contributed by atoms with Gasteiger partial charge in [-0.3, -0.25) is 19.8 Å². The molecule has 1 atom stereocenters. The molecule has 0 saturated carbocycles. The molecule has 1 aromatic rings. The van der Waals surface area contributed by atoms with Crippen molar-refractivity contribution < 1.29 is 14.8 Å². The van der Waals surface area contributed by atoms with Crippen LogP contribution in [0.5, 0.6) is 0 Å². The monoisotopic (exact) mass is 286 g/mol. The molecular weight excluding hydrogens is 272 g/mol. The minimum absolute atomic E-state index is 0. The molecule has 0 aromatic heterocycles. The van der Waals surface area contributed by atoms with Crippen LogP contribution in [-0.2, 0) is 11.3 Å². The highest BCUT2D eigenvalue weighted by Gasteiger charge is 2.31. The van der Waals surface area contributed by atoms with E-state index in [1.165, 1.54) is 6.07 Å². The van der Waals surface area contributed by atoms with Gasteiger partial charge in [0.2, 0.25) is 0 Å². The molecule has 1 aromatic carbocycles. The Balaban J connectivity index is 0.00000180. The molecule has 6 nitrogen and oxygen atoms in total. The number of hydrogen-bond acceptors (Lipinski definition) is 4. The van der Waals surface area contributed by atoms with Crippen molar-refractivity contribution >= 4 is 24.1 Å². The third-order valence-corrected chi connectivity index (χ3v) is 3.21. The van der Waals surface area contributed by atoms with Gasteiger partial charge >= 0.3 is 5.97 Å². The second-order valence-electron chi connectivity index (χ2n) is 4.35. The number of carboxylic acid groups (broad SMARTS) is 1. The van der Waals surface area contributed by atoms with Crippen molar-refractivity contribution in [2.45, 2.75) is 25.4 Å². The first-order valence-corrected chi connectivity index (χ1v) is 5.78. The van der Waals surface area contributed by atoms with Crippen molar-refractivity contribution in [2.75, 3.05) is 6.54 Å². The number of aliphatic carboxylic acids is 1. The van der Waals surface area contributed by atoms with Gasteiger partial charge in [-0.25, -0.2) is 0 Å². The van der Waals surface area contributed by atoms with Crippen LogP contribution in [-0.4, -0.2) is 33.5 Å². The maximum absolute atomic E-state index is 11.0. The SMILES string of the molecule is Cl.O=C(O)[C@@H]1CCCN1Cc1ccccc1[N+](=O)[O-]. The molecule has 1 aliphatic heterocycles. The molecule has 0 unspecified atom stereocenters. The lowest BCUT2D eigenvalue weighted by Gasteiger charge is -2.20. The molecule has 0 bridgehead atoms. The van der Waals surface area contributed by atoms with E-state index in [9.17, 15) is 14.9 Å². The number of nitro benzene ring substituents is 1. The molecule has 19 heavy (non-hydrogen) atoms. The summed E-state index contributed by atoms with van der Waals surface area (Å²) in [6, 6.07) is 5.94. The molecular formula is C12H15ClN2O4. The quantitative estimate of drug-likeness (QED) is 0.676. The second-order valence-corrected chi connectivity index (χ2v) is 4.35. The normalized spacial score (nSPS) is 18.8. The molecule has 1 aliphatic rings. The number of para-hydroxylation sites is 1. The Morgan fingerprint density at radius 1 is 1.47 bits per heavy atom. The number of hydrogen-bond donors (Lipinski definition) is 1. The largest absolute Gasteiger partial charge is 0.480 e. The highest BCUT2D eigenvalue weighted by Crippen LogP contribution is 2.24. The van der Waals surface area contributed by atoms with E-state index in [1.54, 1.807) is 23.1 Å². The predicted molar refractivity (Wildman–Crippen MR) is 71.4 cm³/mol. The Bertz CT molecular complexity index is 481. The molecule has 1 saturated heterocycles. The molecule has 0 aliphatic carbocycles. The second kappa shape index (κ2) is 6.49. The third kappa shape index (κ3) is 3.42. The maximum Gasteiger partial charge on any atom is 0.320 e. The minimum Gasteiger partial charge on any atom is -0.480 e. The van der Waals surface area contributed by atoms with Crippen LogP contribution in [0.2, 0.25) is 0 Å². The van der Waals surface area contributed by atoms with E-state index in [-0.39, 0.29) is 18.1 Å². The topological polar surface area (TPSA) is 83.7 Å². The van der Waals surface area contributed by atoms with Gasteiger partial charge in [0.25, 0.3) is 5.69 Å². The van der Waals surface area contributed by atoms with Gasteiger partial charge in [-0.1, -0.05) is 18.2 Å². The van der Waals surface area contributed by atoms with Gasteiger partial charge in [-0.05, 0) is 19.4 Å². The van der Waals surface area contributed by atoms with Crippen LogP contribution in [0.1, 0.15) is 18.4 Å². The summed E-state index contributed by atoms with van der Waals surface area (Å²) in [5.41, 5.74) is 0.615. The molecule has 104 valence electrons. The van der Waals surface area contributed by atoms with Crippen LogP contribution in [0.15, 0.2) is 24.3 Å². The minimum atomic E-state index is -0.855. The number of likely N-dealkylation sites (tertiary alicyclic amines) is 1. The molecule has 7 heteroatoms. The summed E-state index contributed by atoms with van der Waals surface area (Å²) in [6.45, 7) is 0.983. The summed E-state index contributed by atoms with van der Waals surface area (Å²) >= 11 is 0. The summed E-state index contributed by atoms with van der Waals surface area (Å²) in [6.07, 6.45) is 1.42. The van der Waals surface area contributed by atoms with E-state index in [4.69, 9.17) is 5.11 Å². The van der Waals surface area contributed by atoms with Gasteiger partial charge in [-0.2, -0.15) is 0 Å². The van der Waals surface area contributed by atoms with Crippen molar-refractivity contribution in [3.8, 4) is 0 Å². The van der Waals surface area contributed by atoms with E-state index in [2.05, 4.69) is 0 Å². The fraction of sp³-hybridized carbons (Fsp3) is 0.417. The van der Waals surface area contributed by atoms with Gasteiger partial charge in [0.05, 0.1) is 4.92 Å². The average molecular weight is 287 g/mol. The first-order chi connectivity index (χ1) is 8.59. The molecule has 0 amide bonds. The van der Waals surface area contributed by atoms with Crippen LogP contribution in [0.4, 0.5) is 5.69 Å². The predicted octanol–water partition coefficient (Wildman–Crippen LogP) is 2.07. The maximum atomic E-state index is 11.0. The molecule has 0 radical (unpaired) electrons. The Labute approximate surface area is 116 Å². The van der Waals surface area contributed by atoms with Crippen LogP contribution < -0.4 is 0 Å². The number of rotatable bonds is 4. The highest BCUT2D eigenvalue weighted by atomic mass is 35.5. The number of nitro groups is 1. The van der Waals surface area contributed by atoms with Crippen LogP contribution in [0, 0.1) is 10.1 Å². The lowest BCUT2D eigenvalue weighted by molar-refractivity contribution is -0.385. The Morgan fingerprint density at radius 2 is 2.16 bits per heavy atom. The number of nitrogens with zero attached hydrogens (tertiary/aromatic N) is 2. The van der Waals surface area contributed by atoms with Crippen LogP contribution in [0.25, 0.3) is 0 Å². The number of carboxylic acids is 1. The van der Waals surface area contributed by atoms with Crippen LogP contribution in [0.3, 0.4) is 0 Å². The average Bonchev–Trinajstić information content (AvgIpc) is 2.77. The Hall–Kier alpha value is -1.66. The summed E-state index contributed by atoms with van der Waals surface area (Å²) < 4.78 is 0. The summed E-state index contributed by atoms with van der Waals surface area (Å²) in [7, 11) is 0. The zero-order valence-corrected chi connectivity index (χ0v) is 11.0. The van der Waals surface area contributed by atoms with Gasteiger partial charge in [0.1, 0.15) is 6.04 Å². The van der Waals surface area contributed by atoms with Gasteiger partial charge < -0.3 is 5.11 Å². The van der Waals surface area contributed by atoms with Crippen molar-refractivity contribution in [2.24, 2.45) is 0 Å². The third-order valence-electron chi connectivity index (χ3n) is 3.21. The number of benzene rings is 1. The Kier molecular flexibility index (Phi) is 5.26. The molecule has 1 heterocycles. The first kappa shape index (κ1) is 15.4. The smallest absolute Gasteiger partial charge is 0.320 e. The fourth-order valence-electron chi connectivity index (χ4n) is 2.34. The summed E-state index contributed by atoms with van der Waals surface area (Å²) in [4.78, 5) is 23.3. The van der Waals surface area contributed by atoms with E-state index in [0.717, 1.165) is 6.42 Å². The fourth-order valence-corrected chi connectivity index (χ4v) is 2.34. The van der Waals surface area contributed by atoms with Crippen molar-refractivity contribution in [3.63, 3.8) is 0 Å². The van der Waals surface area contributed by atoms with Gasteiger partial charge in [0.15, 0.2) is 0 Å². The van der Waals surface area contributed by atoms with Crippen LogP contribution >= 0.6 is 12.4 Å². The molecule has 0 spiro atoms. The van der Waals surface area contributed by atoms with E-state index in [1.807, 2.05) is 0 Å². The lowest BCUT2D eigenvalue weighted by Crippen LogP contribution is -2.35. The standard InChI is InChI=1S/C12H14N2O4.ClH/c15-12(16)11-6-3-7-13(11)8-9-4-1-2-5-10(9)14(17)18;/h1-2,4-5,11H,3,6-8H2,(H,15,16);1H/t11-;/m0./s1. The summed E-state index contributed by atoms with van der Waals surface area (Å²) in [5.74, 6) is -0.855. The Morgan fingerprint density at radius 3 is 2.79 bits per heavy atom. The van der Waals surface area contributed by atoms with Gasteiger partial charge in [-0.15, -0.1) is 12.4 Å². The number of halogens is 1. The van der Waals surface area contributed by atoms with E-state index >= 15 is 0 Å². The van der Waals surface area contributed by atoms with Gasteiger partial charge in [0, 0.05) is 18.2 Å². The zero-order chi connectivity index (χ0) is 13.1. The van der Waals surface area contributed by atoms with E-state index in [0.29, 0.717) is 25.1 Å². The van der Waals surface area contributed by atoms with E-state index < -0.39 is 16.9 Å². The molecule has 1 N–H and O–H groups in total. The van der Waals surface area contributed by atoms with Crippen molar-refractivity contribution in [1.82, 2.24) is 4.90 Å². The van der Waals surface area contributed by atoms with Crippen molar-refractivity contribution in [3.05, 3.63) is 39.9 Å². The number of carbonyl (C=O) groups is 1. The van der Waals surface area contributed by atoms with Crippen molar-refractivity contribution in [1.29, 1.82) is 0 Å². The molecule has 2 rings (SSSR count). The molecule has 1 fully saturated rings. The highest BCUT2D eigenvalue weighted by molar-refractivity contribution is 5.85. The summed E-state index contributed by atoms with van der Waals surface area (Å²) in [5, 5.41) is 19.9. The lowest BCUT2D eigenvalue weighted by atomic mass is 10.1. The first-order valence-electron chi connectivity index (χ1n) is 5.78. The zero-order valence-electron chi connectivity index (χ0n) is 10.2.